The Balaban J connectivity index is 2.08. The third kappa shape index (κ3) is 3.65. The first-order valence-electron chi connectivity index (χ1n) is 7.11. The predicted molar refractivity (Wildman–Crippen MR) is 80.4 cm³/mol. The van der Waals surface area contributed by atoms with E-state index in [4.69, 9.17) is 0 Å². The number of carbonyl (C=O) groups excluding carboxylic acids is 1. The first-order chi connectivity index (χ1) is 9.99. The van der Waals surface area contributed by atoms with E-state index < -0.39 is 4.92 Å². The molecule has 6 heteroatoms. The molecule has 21 heavy (non-hydrogen) atoms. The van der Waals surface area contributed by atoms with Crippen molar-refractivity contribution in [2.45, 2.75) is 39.5 Å². The monoisotopic (exact) mass is 289 g/mol. The first kappa shape index (κ1) is 15.2. The van der Waals surface area contributed by atoms with E-state index in [-0.39, 0.29) is 11.6 Å². The summed E-state index contributed by atoms with van der Waals surface area (Å²) in [6.45, 7) is 3.73. The topological polar surface area (TPSA) is 84.6 Å². The van der Waals surface area contributed by atoms with E-state index in [2.05, 4.69) is 17.5 Å². The van der Waals surface area contributed by atoms with Crippen LogP contribution in [0.15, 0.2) is 23.3 Å². The van der Waals surface area contributed by atoms with Crippen molar-refractivity contribution < 1.29 is 9.72 Å². The van der Waals surface area contributed by atoms with Gasteiger partial charge in [0, 0.05) is 22.9 Å². The Hall–Kier alpha value is -2.24. The zero-order valence-corrected chi connectivity index (χ0v) is 12.3. The summed E-state index contributed by atoms with van der Waals surface area (Å²) < 4.78 is 0. The first-order valence-corrected chi connectivity index (χ1v) is 7.11. The summed E-state index contributed by atoms with van der Waals surface area (Å²) in [5, 5.41) is 15.0. The highest BCUT2D eigenvalue weighted by atomic mass is 16.6. The van der Waals surface area contributed by atoms with Gasteiger partial charge in [0.1, 0.15) is 0 Å². The molecule has 0 bridgehead atoms. The molecule has 2 rings (SSSR count). The highest BCUT2D eigenvalue weighted by Crippen LogP contribution is 2.21. The fraction of sp³-hybridized carbons (Fsp3) is 0.467. The smallest absolute Gasteiger partial charge is 0.267 e. The molecule has 0 spiro atoms. The molecule has 1 unspecified atom stereocenters. The van der Waals surface area contributed by atoms with Crippen LogP contribution in [0.4, 0.5) is 5.69 Å². The van der Waals surface area contributed by atoms with Gasteiger partial charge in [-0.3, -0.25) is 14.9 Å². The van der Waals surface area contributed by atoms with Gasteiger partial charge in [-0.25, -0.2) is 5.43 Å². The van der Waals surface area contributed by atoms with Gasteiger partial charge in [-0.15, -0.1) is 0 Å². The molecule has 1 fully saturated rings. The number of hydrazone groups is 1. The zero-order valence-electron chi connectivity index (χ0n) is 12.3. The lowest BCUT2D eigenvalue weighted by Gasteiger charge is -2.19. The van der Waals surface area contributed by atoms with Crippen molar-refractivity contribution in [1.29, 1.82) is 0 Å². The van der Waals surface area contributed by atoms with Gasteiger partial charge >= 0.3 is 0 Å². The Kier molecular flexibility index (Phi) is 4.67. The summed E-state index contributed by atoms with van der Waals surface area (Å²) in [4.78, 5) is 22.3. The van der Waals surface area contributed by atoms with Crippen LogP contribution in [-0.2, 0) is 0 Å². The number of hydrogen-bond acceptors (Lipinski definition) is 4. The van der Waals surface area contributed by atoms with Crippen molar-refractivity contribution in [3.05, 3.63) is 39.4 Å². The molecular weight excluding hydrogens is 270 g/mol. The van der Waals surface area contributed by atoms with Crippen LogP contribution in [-0.4, -0.2) is 16.5 Å². The Morgan fingerprint density at radius 1 is 1.43 bits per heavy atom. The van der Waals surface area contributed by atoms with Crippen molar-refractivity contribution in [2.24, 2.45) is 11.0 Å². The number of benzene rings is 1. The van der Waals surface area contributed by atoms with E-state index in [0.717, 1.165) is 25.0 Å². The van der Waals surface area contributed by atoms with E-state index in [9.17, 15) is 14.9 Å². The quantitative estimate of drug-likeness (QED) is 0.685. The van der Waals surface area contributed by atoms with E-state index in [1.54, 1.807) is 6.92 Å². The van der Waals surface area contributed by atoms with Crippen molar-refractivity contribution in [3.8, 4) is 0 Å². The fourth-order valence-corrected chi connectivity index (χ4v) is 2.52. The van der Waals surface area contributed by atoms with Gasteiger partial charge in [0.15, 0.2) is 0 Å². The minimum absolute atomic E-state index is 0.0127. The largest absolute Gasteiger partial charge is 0.272 e. The van der Waals surface area contributed by atoms with Crippen molar-refractivity contribution in [1.82, 2.24) is 5.43 Å². The Bertz CT molecular complexity index is 596. The maximum atomic E-state index is 12.0. The lowest BCUT2D eigenvalue weighted by atomic mass is 9.89. The molecule has 1 aromatic rings. The van der Waals surface area contributed by atoms with Crippen molar-refractivity contribution in [2.75, 3.05) is 0 Å². The maximum absolute atomic E-state index is 12.0. The van der Waals surface area contributed by atoms with E-state index in [1.165, 1.54) is 24.6 Å². The molecule has 0 heterocycles. The molecule has 0 aromatic heterocycles. The molecular formula is C15H19N3O3. The average molecular weight is 289 g/mol. The Labute approximate surface area is 123 Å². The van der Waals surface area contributed by atoms with Gasteiger partial charge in [-0.2, -0.15) is 5.10 Å². The third-order valence-corrected chi connectivity index (χ3v) is 3.85. The molecule has 0 saturated heterocycles. The molecule has 1 atom stereocenters. The van der Waals surface area contributed by atoms with Gasteiger partial charge in [0.05, 0.1) is 4.92 Å². The van der Waals surface area contributed by atoms with Gasteiger partial charge in [0.2, 0.25) is 0 Å². The molecule has 1 amide bonds. The molecule has 1 aliphatic carbocycles. The van der Waals surface area contributed by atoms with Crippen LogP contribution < -0.4 is 5.43 Å². The Morgan fingerprint density at radius 3 is 2.81 bits per heavy atom. The number of hydrogen-bond donors (Lipinski definition) is 1. The number of carbonyl (C=O) groups is 1. The normalized spacial score (nSPS) is 20.3. The van der Waals surface area contributed by atoms with E-state index in [0.29, 0.717) is 17.0 Å². The molecule has 112 valence electrons. The minimum atomic E-state index is -0.457. The number of rotatable bonds is 3. The van der Waals surface area contributed by atoms with Crippen LogP contribution in [0.5, 0.6) is 0 Å². The minimum Gasteiger partial charge on any atom is -0.267 e. The second kappa shape index (κ2) is 6.47. The molecule has 0 aliphatic heterocycles. The number of nitrogens with zero attached hydrogens (tertiary/aromatic N) is 2. The summed E-state index contributed by atoms with van der Waals surface area (Å²) in [5.41, 5.74) is 4.43. The van der Waals surface area contributed by atoms with Gasteiger partial charge < -0.3 is 0 Å². The molecule has 1 N–H and O–H groups in total. The van der Waals surface area contributed by atoms with Crippen LogP contribution in [0.3, 0.4) is 0 Å². The van der Waals surface area contributed by atoms with Crippen LogP contribution in [0.2, 0.25) is 0 Å². The lowest BCUT2D eigenvalue weighted by Crippen LogP contribution is -2.24. The second-order valence-electron chi connectivity index (χ2n) is 5.45. The summed E-state index contributed by atoms with van der Waals surface area (Å²) >= 11 is 0. The standard InChI is InChI=1S/C15H19N3O3/c1-10-5-3-4-6-13(10)16-17-15(19)12-7-8-14(18(20)21)11(2)9-12/h7-10H,3-6H2,1-2H3,(H,17,19). The lowest BCUT2D eigenvalue weighted by molar-refractivity contribution is -0.385. The summed E-state index contributed by atoms with van der Waals surface area (Å²) in [6.07, 6.45) is 4.33. The Morgan fingerprint density at radius 2 is 2.19 bits per heavy atom. The van der Waals surface area contributed by atoms with Crippen LogP contribution in [0, 0.1) is 23.0 Å². The second-order valence-corrected chi connectivity index (χ2v) is 5.45. The van der Waals surface area contributed by atoms with Crippen molar-refractivity contribution >= 4 is 17.3 Å². The molecule has 1 aliphatic rings. The molecule has 1 saturated carbocycles. The van der Waals surface area contributed by atoms with Crippen LogP contribution in [0.1, 0.15) is 48.5 Å². The summed E-state index contributed by atoms with van der Waals surface area (Å²) in [6, 6.07) is 4.31. The van der Waals surface area contributed by atoms with E-state index in [1.807, 2.05) is 0 Å². The predicted octanol–water partition coefficient (Wildman–Crippen LogP) is 3.20. The number of nitro benzene ring substituents is 1. The summed E-state index contributed by atoms with van der Waals surface area (Å²) in [5.74, 6) is 0.0657. The van der Waals surface area contributed by atoms with Gasteiger partial charge in [-0.05, 0) is 44.2 Å². The van der Waals surface area contributed by atoms with Crippen LogP contribution >= 0.6 is 0 Å². The highest BCUT2D eigenvalue weighted by Gasteiger charge is 2.17. The molecule has 1 aromatic carbocycles. The number of nitro groups is 1. The van der Waals surface area contributed by atoms with Crippen molar-refractivity contribution in [3.63, 3.8) is 0 Å². The number of nitrogens with one attached hydrogen (secondary N) is 1. The SMILES string of the molecule is Cc1cc(C(=O)NN=C2CCCCC2C)ccc1[N+](=O)[O-]. The average Bonchev–Trinajstić information content (AvgIpc) is 2.45. The number of amides is 1. The fourth-order valence-electron chi connectivity index (χ4n) is 2.52. The highest BCUT2D eigenvalue weighted by molar-refractivity contribution is 5.96. The van der Waals surface area contributed by atoms with E-state index >= 15 is 0 Å². The zero-order chi connectivity index (χ0) is 15.4. The van der Waals surface area contributed by atoms with Crippen LogP contribution in [0.25, 0.3) is 0 Å². The van der Waals surface area contributed by atoms with Gasteiger partial charge in [0.25, 0.3) is 11.6 Å². The third-order valence-electron chi connectivity index (χ3n) is 3.85. The molecule has 0 radical (unpaired) electrons. The molecule has 6 nitrogen and oxygen atoms in total. The summed E-state index contributed by atoms with van der Waals surface area (Å²) in [7, 11) is 0. The number of aryl methyl sites for hydroxylation is 1. The van der Waals surface area contributed by atoms with Gasteiger partial charge in [-0.1, -0.05) is 13.3 Å². The maximum Gasteiger partial charge on any atom is 0.272 e.